The number of hydrogen-bond donors (Lipinski definition) is 0. The molecule has 0 unspecified atom stereocenters. The minimum atomic E-state index is 0.345. The topological polar surface area (TPSA) is 51.4 Å². The van der Waals surface area contributed by atoms with Crippen molar-refractivity contribution in [3.05, 3.63) is 11.7 Å². The quantitative estimate of drug-likeness (QED) is 0.828. The van der Waals surface area contributed by atoms with Crippen LogP contribution in [0.5, 0.6) is 0 Å². The number of aryl methyl sites for hydroxylation is 1. The summed E-state index contributed by atoms with van der Waals surface area (Å²) in [6.07, 6.45) is 8.53. The highest BCUT2D eigenvalue weighted by Gasteiger charge is 2.23. The molecule has 0 amide bonds. The molecule has 2 aliphatic heterocycles. The molecule has 3 rings (SSSR count). The molecule has 0 bridgehead atoms. The second-order valence-electron chi connectivity index (χ2n) is 5.97. The van der Waals surface area contributed by atoms with Crippen LogP contribution in [0.1, 0.15) is 56.2 Å². The molecule has 5 nitrogen and oxygen atoms in total. The monoisotopic (exact) mass is 279 g/mol. The standard InChI is InChI=1S/C15H25N3O2/c1-2-4-9-18(8-3-1)10-5-6-14-16-15(17-20-14)13-7-11-19-12-13/h13H,1-12H2/t13-/m1/s1. The van der Waals surface area contributed by atoms with E-state index in [4.69, 9.17) is 9.26 Å². The SMILES string of the molecule is C1CCCN(CCCc2nc([C@@H]3CCOC3)no2)CC1. The van der Waals surface area contributed by atoms with Crippen LogP contribution in [0.4, 0.5) is 0 Å². The Kier molecular flexibility index (Phi) is 5.03. The molecule has 0 spiro atoms. The molecule has 3 heterocycles. The molecular formula is C15H25N3O2. The largest absolute Gasteiger partial charge is 0.381 e. The zero-order valence-corrected chi connectivity index (χ0v) is 12.2. The van der Waals surface area contributed by atoms with Crippen LogP contribution in [-0.2, 0) is 11.2 Å². The summed E-state index contributed by atoms with van der Waals surface area (Å²) in [5, 5.41) is 4.10. The van der Waals surface area contributed by atoms with Gasteiger partial charge in [-0.3, -0.25) is 0 Å². The van der Waals surface area contributed by atoms with E-state index in [0.29, 0.717) is 5.92 Å². The normalized spacial score (nSPS) is 24.9. The number of hydrogen-bond acceptors (Lipinski definition) is 5. The van der Waals surface area contributed by atoms with Crippen LogP contribution < -0.4 is 0 Å². The first-order valence-corrected chi connectivity index (χ1v) is 8.04. The predicted molar refractivity (Wildman–Crippen MR) is 75.7 cm³/mol. The second-order valence-corrected chi connectivity index (χ2v) is 5.97. The van der Waals surface area contributed by atoms with E-state index in [-0.39, 0.29) is 0 Å². The lowest BCUT2D eigenvalue weighted by Gasteiger charge is -2.18. The van der Waals surface area contributed by atoms with E-state index in [0.717, 1.165) is 50.7 Å². The highest BCUT2D eigenvalue weighted by molar-refractivity contribution is 4.97. The maximum absolute atomic E-state index is 5.36. The van der Waals surface area contributed by atoms with E-state index in [1.165, 1.54) is 38.8 Å². The van der Waals surface area contributed by atoms with Gasteiger partial charge in [0.05, 0.1) is 6.61 Å². The maximum atomic E-state index is 5.36. The molecule has 0 N–H and O–H groups in total. The van der Waals surface area contributed by atoms with Crippen LogP contribution in [0.3, 0.4) is 0 Å². The van der Waals surface area contributed by atoms with Gasteiger partial charge in [-0.25, -0.2) is 0 Å². The van der Waals surface area contributed by atoms with Crippen molar-refractivity contribution in [1.82, 2.24) is 15.0 Å². The third kappa shape index (κ3) is 3.79. The first-order chi connectivity index (χ1) is 9.92. The molecule has 2 fully saturated rings. The first kappa shape index (κ1) is 14.0. The number of ether oxygens (including phenoxy) is 1. The Morgan fingerprint density at radius 2 is 2.00 bits per heavy atom. The van der Waals surface area contributed by atoms with Crippen molar-refractivity contribution in [1.29, 1.82) is 0 Å². The molecule has 5 heteroatoms. The molecule has 2 aliphatic rings. The van der Waals surface area contributed by atoms with Gasteiger partial charge in [-0.15, -0.1) is 0 Å². The van der Waals surface area contributed by atoms with E-state index in [1.54, 1.807) is 0 Å². The molecule has 0 radical (unpaired) electrons. The first-order valence-electron chi connectivity index (χ1n) is 8.04. The average molecular weight is 279 g/mol. The van der Waals surface area contributed by atoms with Gasteiger partial charge in [0.2, 0.25) is 5.89 Å². The van der Waals surface area contributed by atoms with Gasteiger partial charge in [0.25, 0.3) is 0 Å². The smallest absolute Gasteiger partial charge is 0.226 e. The minimum absolute atomic E-state index is 0.345. The van der Waals surface area contributed by atoms with Gasteiger partial charge in [-0.2, -0.15) is 4.98 Å². The lowest BCUT2D eigenvalue weighted by Crippen LogP contribution is -2.26. The van der Waals surface area contributed by atoms with Crippen LogP contribution in [0.15, 0.2) is 4.52 Å². The van der Waals surface area contributed by atoms with Gasteiger partial charge in [0.15, 0.2) is 5.82 Å². The predicted octanol–water partition coefficient (Wildman–Crippen LogP) is 2.38. The molecule has 1 aromatic rings. The lowest BCUT2D eigenvalue weighted by molar-refractivity contribution is 0.192. The summed E-state index contributed by atoms with van der Waals surface area (Å²) < 4.78 is 10.7. The zero-order chi connectivity index (χ0) is 13.6. The van der Waals surface area contributed by atoms with E-state index >= 15 is 0 Å². The molecule has 112 valence electrons. The summed E-state index contributed by atoms with van der Waals surface area (Å²) in [5.41, 5.74) is 0. The van der Waals surface area contributed by atoms with Gasteiger partial charge in [0, 0.05) is 18.9 Å². The van der Waals surface area contributed by atoms with Gasteiger partial charge in [0.1, 0.15) is 0 Å². The Hall–Kier alpha value is -0.940. The number of rotatable bonds is 5. The van der Waals surface area contributed by atoms with Gasteiger partial charge < -0.3 is 14.2 Å². The van der Waals surface area contributed by atoms with Crippen LogP contribution >= 0.6 is 0 Å². The fourth-order valence-corrected chi connectivity index (χ4v) is 3.09. The number of nitrogens with zero attached hydrogens (tertiary/aromatic N) is 3. The lowest BCUT2D eigenvalue weighted by atomic mass is 10.1. The Morgan fingerprint density at radius 1 is 1.15 bits per heavy atom. The summed E-state index contributed by atoms with van der Waals surface area (Å²) in [6, 6.07) is 0. The van der Waals surface area contributed by atoms with Crippen molar-refractivity contribution in [2.75, 3.05) is 32.8 Å². The van der Waals surface area contributed by atoms with Crippen LogP contribution in [-0.4, -0.2) is 47.9 Å². The Balaban J connectivity index is 1.41. The third-order valence-corrected chi connectivity index (χ3v) is 4.34. The second kappa shape index (κ2) is 7.18. The van der Waals surface area contributed by atoms with Gasteiger partial charge in [-0.05, 0) is 45.3 Å². The third-order valence-electron chi connectivity index (χ3n) is 4.34. The van der Waals surface area contributed by atoms with Crippen molar-refractivity contribution >= 4 is 0 Å². The Morgan fingerprint density at radius 3 is 2.75 bits per heavy atom. The zero-order valence-electron chi connectivity index (χ0n) is 12.2. The Bertz CT molecular complexity index is 394. The van der Waals surface area contributed by atoms with Crippen molar-refractivity contribution in [3.8, 4) is 0 Å². The molecule has 1 aromatic heterocycles. The van der Waals surface area contributed by atoms with Gasteiger partial charge in [-0.1, -0.05) is 18.0 Å². The summed E-state index contributed by atoms with van der Waals surface area (Å²) in [7, 11) is 0. The maximum Gasteiger partial charge on any atom is 0.226 e. The fourth-order valence-electron chi connectivity index (χ4n) is 3.09. The van der Waals surface area contributed by atoms with E-state index < -0.39 is 0 Å². The summed E-state index contributed by atoms with van der Waals surface area (Å²) >= 11 is 0. The Labute approximate surface area is 120 Å². The average Bonchev–Trinajstić information content (AvgIpc) is 3.07. The summed E-state index contributed by atoms with van der Waals surface area (Å²) in [4.78, 5) is 7.10. The minimum Gasteiger partial charge on any atom is -0.381 e. The van der Waals surface area contributed by atoms with Crippen molar-refractivity contribution in [2.24, 2.45) is 0 Å². The summed E-state index contributed by atoms with van der Waals surface area (Å²) in [5.74, 6) is 1.98. The van der Waals surface area contributed by atoms with E-state index in [2.05, 4.69) is 15.0 Å². The van der Waals surface area contributed by atoms with E-state index in [1.807, 2.05) is 0 Å². The fraction of sp³-hybridized carbons (Fsp3) is 0.867. The molecule has 20 heavy (non-hydrogen) atoms. The number of likely N-dealkylation sites (tertiary alicyclic amines) is 1. The molecule has 0 saturated carbocycles. The molecular weight excluding hydrogens is 254 g/mol. The highest BCUT2D eigenvalue weighted by Crippen LogP contribution is 2.22. The highest BCUT2D eigenvalue weighted by atomic mass is 16.5. The molecule has 2 saturated heterocycles. The van der Waals surface area contributed by atoms with E-state index in [9.17, 15) is 0 Å². The molecule has 1 atom stereocenters. The van der Waals surface area contributed by atoms with Crippen molar-refractivity contribution in [3.63, 3.8) is 0 Å². The van der Waals surface area contributed by atoms with Crippen LogP contribution in [0, 0.1) is 0 Å². The van der Waals surface area contributed by atoms with Crippen LogP contribution in [0.2, 0.25) is 0 Å². The summed E-state index contributed by atoms with van der Waals surface area (Å²) in [6.45, 7) is 5.24. The van der Waals surface area contributed by atoms with Crippen molar-refractivity contribution < 1.29 is 9.26 Å². The van der Waals surface area contributed by atoms with Crippen molar-refractivity contribution in [2.45, 2.75) is 50.9 Å². The van der Waals surface area contributed by atoms with Gasteiger partial charge >= 0.3 is 0 Å². The number of aromatic nitrogens is 2. The molecule has 0 aromatic carbocycles. The van der Waals surface area contributed by atoms with Crippen LogP contribution in [0.25, 0.3) is 0 Å². The molecule has 0 aliphatic carbocycles.